The summed E-state index contributed by atoms with van der Waals surface area (Å²) in [5.41, 5.74) is -2.13. The Morgan fingerprint density at radius 1 is 0.828 bits per heavy atom. The molecule has 0 aliphatic rings. The van der Waals surface area contributed by atoms with Gasteiger partial charge in [0.05, 0.1) is 5.92 Å². The first kappa shape index (κ1) is 27.7. The van der Waals surface area contributed by atoms with E-state index in [4.69, 9.17) is 14.2 Å². The van der Waals surface area contributed by atoms with Gasteiger partial charge >= 0.3 is 18.0 Å². The lowest BCUT2D eigenvalue weighted by atomic mass is 9.96. The Balaban J connectivity index is 5.59. The van der Waals surface area contributed by atoms with Crippen LogP contribution >= 0.6 is 22.6 Å². The minimum atomic E-state index is -1.05. The number of esters is 2. The van der Waals surface area contributed by atoms with E-state index in [1.807, 2.05) is 6.08 Å². The van der Waals surface area contributed by atoms with Gasteiger partial charge in [-0.3, -0.25) is 4.79 Å². The normalized spacial score (nSPS) is 14.8. The smallest absolute Gasteiger partial charge is 0.408 e. The molecule has 0 heterocycles. The fraction of sp³-hybridized carbons (Fsp3) is 0.762. The number of ether oxygens (including phenoxy) is 3. The monoisotopic (exact) mass is 523 g/mol. The quantitative estimate of drug-likeness (QED) is 0.290. The first-order chi connectivity index (χ1) is 12.9. The predicted octanol–water partition coefficient (Wildman–Crippen LogP) is 4.91. The number of carbonyl (C=O) groups is 3. The number of nitrogens with one attached hydrogen (secondary N) is 1. The molecule has 0 aromatic rings. The highest BCUT2D eigenvalue weighted by Crippen LogP contribution is 2.21. The minimum Gasteiger partial charge on any atom is -0.460 e. The summed E-state index contributed by atoms with van der Waals surface area (Å²) in [7, 11) is 0. The molecule has 29 heavy (non-hydrogen) atoms. The number of alkyl carbamates (subject to hydrolysis) is 1. The third-order valence-electron chi connectivity index (χ3n) is 3.15. The van der Waals surface area contributed by atoms with Crippen molar-refractivity contribution in [2.75, 3.05) is 0 Å². The SMILES string of the molecule is CC(C)(C)OC(=O)N[C@@H](C[C@H](CC=C[125I])C(=O)OC(C)(C)C)C(=O)OC(C)(C)C. The lowest BCUT2D eigenvalue weighted by Crippen LogP contribution is -2.47. The molecule has 1 amide bonds. The second-order valence-electron chi connectivity index (χ2n) is 9.80. The van der Waals surface area contributed by atoms with Crippen molar-refractivity contribution < 1.29 is 28.6 Å². The number of carbonyl (C=O) groups excluding carboxylic acids is 3. The van der Waals surface area contributed by atoms with E-state index in [1.54, 1.807) is 66.4 Å². The van der Waals surface area contributed by atoms with E-state index in [2.05, 4.69) is 27.9 Å². The van der Waals surface area contributed by atoms with Crippen molar-refractivity contribution in [1.82, 2.24) is 5.32 Å². The molecule has 0 spiro atoms. The lowest BCUT2D eigenvalue weighted by molar-refractivity contribution is -0.162. The topological polar surface area (TPSA) is 90.9 Å². The molecule has 1 N–H and O–H groups in total. The van der Waals surface area contributed by atoms with E-state index >= 15 is 0 Å². The third-order valence-corrected chi connectivity index (χ3v) is 3.66. The van der Waals surface area contributed by atoms with Crippen molar-refractivity contribution in [1.29, 1.82) is 0 Å². The zero-order valence-corrected chi connectivity index (χ0v) is 21.2. The molecule has 0 unspecified atom stereocenters. The van der Waals surface area contributed by atoms with Gasteiger partial charge < -0.3 is 19.5 Å². The number of halogens is 1. The third kappa shape index (κ3) is 14.3. The number of allylic oxidation sites excluding steroid dienone is 1. The highest BCUT2D eigenvalue weighted by atomic mass is 125. The predicted molar refractivity (Wildman–Crippen MR) is 121 cm³/mol. The van der Waals surface area contributed by atoms with Crippen molar-refractivity contribution in [3.63, 3.8) is 0 Å². The van der Waals surface area contributed by atoms with Gasteiger partial charge in [-0.2, -0.15) is 0 Å². The van der Waals surface area contributed by atoms with Gasteiger partial charge in [-0.25, -0.2) is 9.59 Å². The minimum absolute atomic E-state index is 0.0318. The molecule has 2 atom stereocenters. The molecule has 0 aliphatic carbocycles. The standard InChI is InChI=1S/C21H36INO6/c1-19(2,3)27-16(24)14(11-10-12-22)13-15(17(25)28-20(4,5)6)23-18(26)29-21(7,8)9/h10,12,14-15H,11,13H2,1-9H3,(H,23,26)/t14-,15-/m0/s1/i22-2. The molecule has 0 aromatic carbocycles. The maximum atomic E-state index is 12.7. The molecule has 8 heteroatoms. The number of amides is 1. The van der Waals surface area contributed by atoms with E-state index in [0.717, 1.165) is 0 Å². The number of rotatable bonds is 7. The maximum Gasteiger partial charge on any atom is 0.408 e. The Labute approximate surface area is 188 Å². The largest absolute Gasteiger partial charge is 0.460 e. The molecule has 0 bridgehead atoms. The summed E-state index contributed by atoms with van der Waals surface area (Å²) in [4.78, 5) is 37.6. The van der Waals surface area contributed by atoms with Gasteiger partial charge in [0.15, 0.2) is 0 Å². The molecule has 0 radical (unpaired) electrons. The van der Waals surface area contributed by atoms with Crippen LogP contribution in [0.4, 0.5) is 4.79 Å². The Hall–Kier alpha value is -1.32. The molecule has 0 aromatic heterocycles. The summed E-state index contributed by atoms with van der Waals surface area (Å²) in [6, 6.07) is -1.05. The van der Waals surface area contributed by atoms with Crippen LogP contribution in [0.15, 0.2) is 10.2 Å². The van der Waals surface area contributed by atoms with Crippen LogP contribution in [-0.2, 0) is 23.8 Å². The average molecular weight is 523 g/mol. The first-order valence-electron chi connectivity index (χ1n) is 9.64. The van der Waals surface area contributed by atoms with Crippen LogP contribution in [-0.4, -0.2) is 40.9 Å². The van der Waals surface area contributed by atoms with E-state index < -0.39 is 46.8 Å². The Kier molecular flexibility index (Phi) is 10.7. The maximum absolute atomic E-state index is 12.7. The van der Waals surface area contributed by atoms with Gasteiger partial charge in [0.2, 0.25) is 0 Å². The fourth-order valence-corrected chi connectivity index (χ4v) is 2.50. The lowest BCUT2D eigenvalue weighted by Gasteiger charge is -2.29. The van der Waals surface area contributed by atoms with Crippen LogP contribution < -0.4 is 5.32 Å². The van der Waals surface area contributed by atoms with Gasteiger partial charge in [-0.15, -0.1) is 0 Å². The summed E-state index contributed by atoms with van der Waals surface area (Å²) >= 11 is 2.06. The summed E-state index contributed by atoms with van der Waals surface area (Å²) in [5.74, 6) is -1.70. The van der Waals surface area contributed by atoms with Crippen LogP contribution in [0.5, 0.6) is 0 Å². The van der Waals surface area contributed by atoms with Gasteiger partial charge in [0.1, 0.15) is 22.8 Å². The first-order valence-corrected chi connectivity index (χ1v) is 10.9. The summed E-state index contributed by atoms with van der Waals surface area (Å²) < 4.78 is 18.0. The second-order valence-corrected chi connectivity index (χ2v) is 10.5. The van der Waals surface area contributed by atoms with Gasteiger partial charge in [-0.1, -0.05) is 28.7 Å². The van der Waals surface area contributed by atoms with E-state index in [0.29, 0.717) is 6.42 Å². The van der Waals surface area contributed by atoms with Gasteiger partial charge in [-0.05, 0) is 79.2 Å². The number of hydrogen-bond donors (Lipinski definition) is 1. The zero-order chi connectivity index (χ0) is 23.0. The van der Waals surface area contributed by atoms with Crippen molar-refractivity contribution >= 4 is 40.6 Å². The highest BCUT2D eigenvalue weighted by molar-refractivity contribution is 14.1. The summed E-state index contributed by atoms with van der Waals surface area (Å²) in [5, 5.41) is 2.55. The van der Waals surface area contributed by atoms with E-state index in [1.165, 1.54) is 0 Å². The molecule has 0 saturated heterocycles. The Morgan fingerprint density at radius 2 is 1.28 bits per heavy atom. The molecular formula is C21H36INO6. The van der Waals surface area contributed by atoms with Crippen molar-refractivity contribution in [3.05, 3.63) is 10.2 Å². The molecule has 0 fully saturated rings. The Bertz CT molecular complexity index is 596. The van der Waals surface area contributed by atoms with Crippen LogP contribution in [0.3, 0.4) is 0 Å². The molecule has 0 aliphatic heterocycles. The molecule has 0 saturated carbocycles. The summed E-state index contributed by atoms with van der Waals surface area (Å²) in [6.07, 6.45) is 1.46. The molecule has 0 rings (SSSR count). The van der Waals surface area contributed by atoms with Crippen molar-refractivity contribution in [2.24, 2.45) is 5.92 Å². The average Bonchev–Trinajstić information content (AvgIpc) is 2.44. The summed E-state index contributed by atoms with van der Waals surface area (Å²) in [6.45, 7) is 15.7. The van der Waals surface area contributed by atoms with E-state index in [-0.39, 0.29) is 6.42 Å². The molecule has 7 nitrogen and oxygen atoms in total. The van der Waals surface area contributed by atoms with Crippen LogP contribution in [0.2, 0.25) is 0 Å². The highest BCUT2D eigenvalue weighted by Gasteiger charge is 2.34. The van der Waals surface area contributed by atoms with Crippen LogP contribution in [0.1, 0.15) is 75.2 Å². The van der Waals surface area contributed by atoms with E-state index in [9.17, 15) is 14.4 Å². The fourth-order valence-electron chi connectivity index (χ4n) is 2.21. The van der Waals surface area contributed by atoms with Crippen LogP contribution in [0, 0.1) is 5.92 Å². The van der Waals surface area contributed by atoms with Gasteiger partial charge in [0, 0.05) is 0 Å². The van der Waals surface area contributed by atoms with Crippen molar-refractivity contribution in [2.45, 2.75) is 98.0 Å². The Morgan fingerprint density at radius 3 is 1.69 bits per heavy atom. The second kappa shape index (κ2) is 11.2. The van der Waals surface area contributed by atoms with Gasteiger partial charge in [0.25, 0.3) is 0 Å². The van der Waals surface area contributed by atoms with Crippen LogP contribution in [0.25, 0.3) is 0 Å². The molecule has 168 valence electrons. The zero-order valence-electron chi connectivity index (χ0n) is 19.1. The number of hydrogen-bond acceptors (Lipinski definition) is 6. The molecular weight excluding hydrogens is 487 g/mol. The van der Waals surface area contributed by atoms with Crippen molar-refractivity contribution in [3.8, 4) is 0 Å².